The second-order valence-electron chi connectivity index (χ2n) is 7.26. The van der Waals surface area contributed by atoms with Gasteiger partial charge in [-0.3, -0.25) is 4.79 Å². The topological polar surface area (TPSA) is 49.6 Å². The lowest BCUT2D eigenvalue weighted by Gasteiger charge is -2.40. The maximum absolute atomic E-state index is 12.7. The van der Waals surface area contributed by atoms with Crippen LogP contribution in [0.2, 0.25) is 0 Å². The summed E-state index contributed by atoms with van der Waals surface area (Å²) in [6, 6.07) is 1.07. The fraction of sp³-hybridized carbons (Fsp3) is 0.941. The Labute approximate surface area is 130 Å². The number of carbonyl (C=O) groups excluding carboxylic acids is 1. The molecule has 0 aromatic heterocycles. The number of hydrogen-bond acceptors (Lipinski definition) is 3. The molecule has 1 aliphatic carbocycles. The molecule has 0 spiro atoms. The summed E-state index contributed by atoms with van der Waals surface area (Å²) in [5, 5.41) is 0. The predicted octanol–water partition coefficient (Wildman–Crippen LogP) is 2.08. The van der Waals surface area contributed by atoms with Crippen LogP contribution in [0, 0.1) is 11.8 Å². The molecule has 1 saturated carbocycles. The molecule has 0 atom stereocenters. The van der Waals surface area contributed by atoms with Gasteiger partial charge in [-0.15, -0.1) is 0 Å². The zero-order chi connectivity index (χ0) is 15.4. The summed E-state index contributed by atoms with van der Waals surface area (Å²) in [4.78, 5) is 17.3. The van der Waals surface area contributed by atoms with E-state index < -0.39 is 0 Å². The Morgan fingerprint density at radius 3 is 2.19 bits per heavy atom. The van der Waals surface area contributed by atoms with Crippen LogP contribution in [0.4, 0.5) is 0 Å². The van der Waals surface area contributed by atoms with Crippen molar-refractivity contribution in [2.75, 3.05) is 26.7 Å². The summed E-state index contributed by atoms with van der Waals surface area (Å²) in [5.74, 6) is 1.28. The van der Waals surface area contributed by atoms with E-state index in [1.165, 1.54) is 0 Å². The molecule has 0 aromatic rings. The van der Waals surface area contributed by atoms with Gasteiger partial charge in [-0.2, -0.15) is 0 Å². The average Bonchev–Trinajstić information content (AvgIpc) is 2.53. The van der Waals surface area contributed by atoms with Crippen molar-refractivity contribution in [2.45, 2.75) is 64.5 Å². The van der Waals surface area contributed by atoms with Gasteiger partial charge in [0.05, 0.1) is 0 Å². The van der Waals surface area contributed by atoms with Gasteiger partial charge < -0.3 is 15.5 Å². The van der Waals surface area contributed by atoms with Gasteiger partial charge >= 0.3 is 0 Å². The van der Waals surface area contributed by atoms with E-state index in [0.717, 1.165) is 58.2 Å². The quantitative estimate of drug-likeness (QED) is 0.864. The third-order valence-electron chi connectivity index (χ3n) is 5.65. The van der Waals surface area contributed by atoms with Crippen molar-refractivity contribution in [3.8, 4) is 0 Å². The smallest absolute Gasteiger partial charge is 0.225 e. The van der Waals surface area contributed by atoms with Crippen LogP contribution in [0.1, 0.15) is 52.4 Å². The van der Waals surface area contributed by atoms with Gasteiger partial charge in [0, 0.05) is 38.1 Å². The van der Waals surface area contributed by atoms with Crippen molar-refractivity contribution >= 4 is 5.91 Å². The molecule has 2 N–H and O–H groups in total. The lowest BCUT2D eigenvalue weighted by Crippen LogP contribution is -2.49. The van der Waals surface area contributed by atoms with E-state index in [-0.39, 0.29) is 5.92 Å². The van der Waals surface area contributed by atoms with E-state index >= 15 is 0 Å². The molecule has 2 rings (SSSR count). The Morgan fingerprint density at radius 1 is 1.14 bits per heavy atom. The molecule has 0 radical (unpaired) electrons. The van der Waals surface area contributed by atoms with Gasteiger partial charge in [0.2, 0.25) is 5.91 Å². The minimum absolute atomic E-state index is 0.251. The molecule has 1 heterocycles. The van der Waals surface area contributed by atoms with Crippen LogP contribution >= 0.6 is 0 Å². The third-order valence-corrected chi connectivity index (χ3v) is 5.65. The van der Waals surface area contributed by atoms with Crippen molar-refractivity contribution in [2.24, 2.45) is 17.6 Å². The number of rotatable bonds is 4. The van der Waals surface area contributed by atoms with Crippen LogP contribution in [0.5, 0.6) is 0 Å². The maximum atomic E-state index is 12.7. The van der Waals surface area contributed by atoms with Crippen molar-refractivity contribution in [3.05, 3.63) is 0 Å². The number of nitrogens with zero attached hydrogens (tertiary/aromatic N) is 2. The highest BCUT2D eigenvalue weighted by atomic mass is 16.2. The number of hydrogen-bond donors (Lipinski definition) is 1. The number of carbonyl (C=O) groups is 1. The van der Waals surface area contributed by atoms with Crippen LogP contribution in [0.3, 0.4) is 0 Å². The van der Waals surface area contributed by atoms with E-state index in [0.29, 0.717) is 23.9 Å². The number of piperidine rings is 1. The molecule has 2 fully saturated rings. The monoisotopic (exact) mass is 295 g/mol. The first-order chi connectivity index (χ1) is 10.0. The Hall–Kier alpha value is -0.610. The first-order valence-corrected chi connectivity index (χ1v) is 8.73. The molecule has 0 aromatic carbocycles. The molecule has 21 heavy (non-hydrogen) atoms. The molecular formula is C17H33N3O. The first kappa shape index (κ1) is 16.8. The number of nitrogens with two attached hydrogens (primary N) is 1. The second-order valence-corrected chi connectivity index (χ2v) is 7.26. The van der Waals surface area contributed by atoms with Gasteiger partial charge in [-0.05, 0) is 64.8 Å². The van der Waals surface area contributed by atoms with E-state index in [2.05, 4.69) is 23.6 Å². The van der Waals surface area contributed by atoms with Gasteiger partial charge in [-0.1, -0.05) is 0 Å². The van der Waals surface area contributed by atoms with Crippen molar-refractivity contribution in [3.63, 3.8) is 0 Å². The van der Waals surface area contributed by atoms with Gasteiger partial charge in [0.25, 0.3) is 0 Å². The molecular weight excluding hydrogens is 262 g/mol. The fourth-order valence-corrected chi connectivity index (χ4v) is 3.90. The summed E-state index contributed by atoms with van der Waals surface area (Å²) >= 11 is 0. The highest BCUT2D eigenvalue weighted by Crippen LogP contribution is 2.30. The average molecular weight is 295 g/mol. The molecule has 4 nitrogen and oxygen atoms in total. The summed E-state index contributed by atoms with van der Waals surface area (Å²) in [6.45, 7) is 7.54. The predicted molar refractivity (Wildman–Crippen MR) is 87.0 cm³/mol. The highest BCUT2D eigenvalue weighted by Gasteiger charge is 2.32. The van der Waals surface area contributed by atoms with Crippen LogP contribution in [-0.4, -0.2) is 54.5 Å². The Balaban J connectivity index is 1.80. The van der Waals surface area contributed by atoms with E-state index in [9.17, 15) is 4.79 Å². The Kier molecular flexibility index (Phi) is 6.06. The maximum Gasteiger partial charge on any atom is 0.225 e. The van der Waals surface area contributed by atoms with Gasteiger partial charge in [0.15, 0.2) is 0 Å². The van der Waals surface area contributed by atoms with Crippen LogP contribution < -0.4 is 5.73 Å². The van der Waals surface area contributed by atoms with E-state index in [4.69, 9.17) is 5.73 Å². The first-order valence-electron chi connectivity index (χ1n) is 8.73. The normalized spacial score (nSPS) is 28.8. The van der Waals surface area contributed by atoms with E-state index in [1.807, 2.05) is 7.05 Å². The molecule has 4 heteroatoms. The summed E-state index contributed by atoms with van der Waals surface area (Å²) in [7, 11) is 2.02. The van der Waals surface area contributed by atoms with Crippen molar-refractivity contribution < 1.29 is 4.79 Å². The zero-order valence-electron chi connectivity index (χ0n) is 14.1. The number of likely N-dealkylation sites (tertiary alicyclic amines) is 1. The van der Waals surface area contributed by atoms with Crippen LogP contribution in [0.25, 0.3) is 0 Å². The van der Waals surface area contributed by atoms with Crippen molar-refractivity contribution in [1.82, 2.24) is 9.80 Å². The molecule has 122 valence electrons. The minimum Gasteiger partial charge on any atom is -0.342 e. The standard InChI is InChI=1S/C17H33N3O/c1-13(2)20-10-8-16(9-11-20)19(3)17(21)15-6-4-14(12-18)5-7-15/h13-16H,4-12,18H2,1-3H3. The summed E-state index contributed by atoms with van der Waals surface area (Å²) in [5.41, 5.74) is 5.74. The lowest BCUT2D eigenvalue weighted by molar-refractivity contribution is -0.138. The van der Waals surface area contributed by atoms with Crippen LogP contribution in [0.15, 0.2) is 0 Å². The third kappa shape index (κ3) is 4.19. The summed E-state index contributed by atoms with van der Waals surface area (Å²) < 4.78 is 0. The SMILES string of the molecule is CC(C)N1CCC(N(C)C(=O)C2CCC(CN)CC2)CC1. The largest absolute Gasteiger partial charge is 0.342 e. The molecule has 2 aliphatic rings. The Bertz CT molecular complexity index is 329. The molecule has 1 amide bonds. The molecule has 0 unspecified atom stereocenters. The highest BCUT2D eigenvalue weighted by molar-refractivity contribution is 5.79. The van der Waals surface area contributed by atoms with Gasteiger partial charge in [0.1, 0.15) is 0 Å². The fourth-order valence-electron chi connectivity index (χ4n) is 3.90. The molecule has 1 aliphatic heterocycles. The molecule has 1 saturated heterocycles. The Morgan fingerprint density at radius 2 is 1.71 bits per heavy atom. The minimum atomic E-state index is 0.251. The van der Waals surface area contributed by atoms with Gasteiger partial charge in [-0.25, -0.2) is 0 Å². The zero-order valence-corrected chi connectivity index (χ0v) is 14.1. The molecule has 0 bridgehead atoms. The summed E-state index contributed by atoms with van der Waals surface area (Å²) in [6.07, 6.45) is 6.59. The van der Waals surface area contributed by atoms with Crippen molar-refractivity contribution in [1.29, 1.82) is 0 Å². The van der Waals surface area contributed by atoms with Crippen LogP contribution in [-0.2, 0) is 4.79 Å². The number of amides is 1. The second kappa shape index (κ2) is 7.59. The van der Waals surface area contributed by atoms with E-state index in [1.54, 1.807) is 0 Å². The lowest BCUT2D eigenvalue weighted by atomic mass is 9.81.